The zero-order valence-corrected chi connectivity index (χ0v) is 19.0. The van der Waals surface area contributed by atoms with Crippen molar-refractivity contribution in [2.45, 2.75) is 59.8 Å². The number of unbranched alkanes of at least 4 members (excludes halogenated alkanes) is 2. The number of thiophene rings is 2. The minimum atomic E-state index is -0.103. The lowest BCUT2D eigenvalue weighted by Crippen LogP contribution is -2.19. The number of aryl methyl sites for hydroxylation is 2. The van der Waals surface area contributed by atoms with E-state index in [9.17, 15) is 9.59 Å². The van der Waals surface area contributed by atoms with E-state index in [0.717, 1.165) is 40.4 Å². The molecule has 6 nitrogen and oxygen atoms in total. The van der Waals surface area contributed by atoms with Gasteiger partial charge >= 0.3 is 0 Å². The van der Waals surface area contributed by atoms with Gasteiger partial charge in [0.2, 0.25) is 11.8 Å². The average molecular weight is 433 g/mol. The standard InChI is InChI=1S/C21H28N4O2S2/c1-14-10-12-18(28-14)16(3)22-24-20(26)8-6-5-7-9-21(27)25-23-17(4)19-13-11-15(2)29-19/h10-13H,5-9H2,1-4H3,(H,24,26)(H,25,27)/b22-16+,23-17+. The van der Waals surface area contributed by atoms with Gasteiger partial charge < -0.3 is 0 Å². The van der Waals surface area contributed by atoms with Crippen molar-refractivity contribution in [3.63, 3.8) is 0 Å². The van der Waals surface area contributed by atoms with E-state index in [2.05, 4.69) is 21.1 Å². The lowest BCUT2D eigenvalue weighted by molar-refractivity contribution is -0.121. The summed E-state index contributed by atoms with van der Waals surface area (Å²) in [5.74, 6) is -0.206. The summed E-state index contributed by atoms with van der Waals surface area (Å²) in [6, 6.07) is 8.07. The molecule has 0 atom stereocenters. The van der Waals surface area contributed by atoms with Crippen LogP contribution in [-0.4, -0.2) is 23.2 Å². The molecule has 156 valence electrons. The lowest BCUT2D eigenvalue weighted by Gasteiger charge is -2.03. The molecule has 0 bridgehead atoms. The van der Waals surface area contributed by atoms with E-state index >= 15 is 0 Å². The molecule has 0 saturated heterocycles. The second-order valence-corrected chi connectivity index (χ2v) is 9.42. The van der Waals surface area contributed by atoms with Crippen molar-refractivity contribution in [2.75, 3.05) is 0 Å². The second-order valence-electron chi connectivity index (χ2n) is 6.85. The molecule has 0 aromatic carbocycles. The summed E-state index contributed by atoms with van der Waals surface area (Å²) in [6.07, 6.45) is 3.05. The van der Waals surface area contributed by atoms with Crippen molar-refractivity contribution >= 4 is 45.9 Å². The Morgan fingerprint density at radius 3 is 1.52 bits per heavy atom. The number of nitrogens with one attached hydrogen (secondary N) is 2. The summed E-state index contributed by atoms with van der Waals surface area (Å²) >= 11 is 3.30. The van der Waals surface area contributed by atoms with Gasteiger partial charge in [0.1, 0.15) is 0 Å². The first-order valence-electron chi connectivity index (χ1n) is 9.65. The topological polar surface area (TPSA) is 82.9 Å². The molecule has 0 aliphatic carbocycles. The van der Waals surface area contributed by atoms with Gasteiger partial charge in [0.05, 0.1) is 21.2 Å². The maximum Gasteiger partial charge on any atom is 0.240 e. The van der Waals surface area contributed by atoms with Crippen LogP contribution in [0.25, 0.3) is 0 Å². The van der Waals surface area contributed by atoms with Gasteiger partial charge in [-0.3, -0.25) is 9.59 Å². The molecule has 0 spiro atoms. The molecule has 0 radical (unpaired) electrons. The van der Waals surface area contributed by atoms with Crippen LogP contribution in [-0.2, 0) is 9.59 Å². The van der Waals surface area contributed by atoms with Crippen molar-refractivity contribution in [3.8, 4) is 0 Å². The molecule has 0 aliphatic heterocycles. The lowest BCUT2D eigenvalue weighted by atomic mass is 10.1. The first-order valence-corrected chi connectivity index (χ1v) is 11.3. The van der Waals surface area contributed by atoms with Gasteiger partial charge in [-0.1, -0.05) is 6.42 Å². The van der Waals surface area contributed by atoms with E-state index in [-0.39, 0.29) is 11.8 Å². The number of carbonyl (C=O) groups excluding carboxylic acids is 2. The molecule has 8 heteroatoms. The Morgan fingerprint density at radius 1 is 0.759 bits per heavy atom. The number of hydrogen-bond donors (Lipinski definition) is 2. The van der Waals surface area contributed by atoms with Crippen LogP contribution in [0.4, 0.5) is 0 Å². The third-order valence-electron chi connectivity index (χ3n) is 4.20. The van der Waals surface area contributed by atoms with Crippen molar-refractivity contribution < 1.29 is 9.59 Å². The monoisotopic (exact) mass is 432 g/mol. The second kappa shape index (κ2) is 11.6. The highest BCUT2D eigenvalue weighted by Crippen LogP contribution is 2.16. The third kappa shape index (κ3) is 8.29. The fourth-order valence-corrected chi connectivity index (χ4v) is 4.15. The number of hydrazone groups is 2. The van der Waals surface area contributed by atoms with Crippen LogP contribution >= 0.6 is 22.7 Å². The van der Waals surface area contributed by atoms with Crippen LogP contribution in [0.2, 0.25) is 0 Å². The summed E-state index contributed by atoms with van der Waals surface area (Å²) in [7, 11) is 0. The third-order valence-corrected chi connectivity index (χ3v) is 6.42. The first-order chi connectivity index (χ1) is 13.8. The van der Waals surface area contributed by atoms with Gasteiger partial charge in [0, 0.05) is 22.6 Å². The van der Waals surface area contributed by atoms with Crippen molar-refractivity contribution in [3.05, 3.63) is 43.8 Å². The van der Waals surface area contributed by atoms with Crippen LogP contribution in [0.1, 0.15) is 65.5 Å². The molecule has 0 fully saturated rings. The van der Waals surface area contributed by atoms with Crippen molar-refractivity contribution in [1.29, 1.82) is 0 Å². The molecule has 2 heterocycles. The minimum Gasteiger partial charge on any atom is -0.273 e. The summed E-state index contributed by atoms with van der Waals surface area (Å²) in [6.45, 7) is 7.85. The molecule has 2 amide bonds. The summed E-state index contributed by atoms with van der Waals surface area (Å²) in [5, 5.41) is 8.30. The SMILES string of the molecule is C/C(=N\NC(=O)CCCCCC(=O)N/N=C(\C)c1ccc(C)s1)c1ccc(C)s1. The molecule has 2 rings (SSSR count). The van der Waals surface area contributed by atoms with E-state index in [1.165, 1.54) is 9.75 Å². The Morgan fingerprint density at radius 2 is 1.17 bits per heavy atom. The summed E-state index contributed by atoms with van der Waals surface area (Å²) < 4.78 is 0. The predicted octanol–water partition coefficient (Wildman–Crippen LogP) is 4.76. The van der Waals surface area contributed by atoms with Gasteiger partial charge in [-0.15, -0.1) is 22.7 Å². The van der Waals surface area contributed by atoms with Gasteiger partial charge in [-0.25, -0.2) is 10.9 Å². The smallest absolute Gasteiger partial charge is 0.240 e. The van der Waals surface area contributed by atoms with Crippen molar-refractivity contribution in [1.82, 2.24) is 10.9 Å². The Bertz CT molecular complexity index is 824. The van der Waals surface area contributed by atoms with Crippen LogP contribution in [0, 0.1) is 13.8 Å². The quantitative estimate of drug-likeness (QED) is 0.322. The number of nitrogens with zero attached hydrogens (tertiary/aromatic N) is 2. The Kier molecular flexibility index (Phi) is 9.21. The maximum atomic E-state index is 11.9. The summed E-state index contributed by atoms with van der Waals surface area (Å²) in [5.41, 5.74) is 6.81. The summed E-state index contributed by atoms with van der Waals surface area (Å²) in [4.78, 5) is 28.3. The highest BCUT2D eigenvalue weighted by molar-refractivity contribution is 7.14. The van der Waals surface area contributed by atoms with Crippen LogP contribution in [0.5, 0.6) is 0 Å². The molecule has 2 N–H and O–H groups in total. The zero-order chi connectivity index (χ0) is 21.2. The predicted molar refractivity (Wildman–Crippen MR) is 122 cm³/mol. The highest BCUT2D eigenvalue weighted by Gasteiger charge is 2.05. The van der Waals surface area contributed by atoms with Gasteiger partial charge in [0.25, 0.3) is 0 Å². The van der Waals surface area contributed by atoms with Crippen LogP contribution < -0.4 is 10.9 Å². The van der Waals surface area contributed by atoms with Crippen LogP contribution in [0.3, 0.4) is 0 Å². The number of rotatable bonds is 10. The van der Waals surface area contributed by atoms with E-state index in [1.54, 1.807) is 22.7 Å². The van der Waals surface area contributed by atoms with Gasteiger partial charge in [-0.2, -0.15) is 10.2 Å². The van der Waals surface area contributed by atoms with E-state index in [1.807, 2.05) is 52.0 Å². The molecular formula is C21H28N4O2S2. The Hall–Kier alpha value is -2.32. The van der Waals surface area contributed by atoms with Gasteiger partial charge in [-0.05, 0) is 64.8 Å². The first kappa shape index (κ1) is 23.0. The fourth-order valence-electron chi connectivity index (χ4n) is 2.52. The largest absolute Gasteiger partial charge is 0.273 e. The fraction of sp³-hybridized carbons (Fsp3) is 0.429. The number of hydrogen-bond acceptors (Lipinski definition) is 6. The normalized spacial score (nSPS) is 12.1. The highest BCUT2D eigenvalue weighted by atomic mass is 32.1. The molecule has 0 unspecified atom stereocenters. The molecule has 2 aromatic rings. The molecule has 0 saturated carbocycles. The zero-order valence-electron chi connectivity index (χ0n) is 17.4. The van der Waals surface area contributed by atoms with E-state index in [4.69, 9.17) is 0 Å². The van der Waals surface area contributed by atoms with E-state index < -0.39 is 0 Å². The average Bonchev–Trinajstić information content (AvgIpc) is 3.32. The minimum absolute atomic E-state index is 0.103. The Balaban J connectivity index is 1.59. The maximum absolute atomic E-state index is 11.9. The van der Waals surface area contributed by atoms with Crippen molar-refractivity contribution in [2.24, 2.45) is 10.2 Å². The molecule has 2 aromatic heterocycles. The molecule has 29 heavy (non-hydrogen) atoms. The number of amides is 2. The van der Waals surface area contributed by atoms with Gasteiger partial charge in [0.15, 0.2) is 0 Å². The Labute approximate surface area is 180 Å². The van der Waals surface area contributed by atoms with E-state index in [0.29, 0.717) is 12.8 Å². The van der Waals surface area contributed by atoms with Crippen LogP contribution in [0.15, 0.2) is 34.5 Å². The molecular weight excluding hydrogens is 404 g/mol. The molecule has 0 aliphatic rings. The number of carbonyl (C=O) groups is 2.